The van der Waals surface area contributed by atoms with Gasteiger partial charge in [-0.05, 0) is 35.5 Å². The van der Waals surface area contributed by atoms with Crippen molar-refractivity contribution in [1.82, 2.24) is 5.32 Å². The summed E-state index contributed by atoms with van der Waals surface area (Å²) < 4.78 is 28.7. The molecule has 1 heterocycles. The van der Waals surface area contributed by atoms with Crippen LogP contribution in [0, 0.1) is 0 Å². The van der Waals surface area contributed by atoms with Gasteiger partial charge < -0.3 is 4.74 Å². The van der Waals surface area contributed by atoms with E-state index in [2.05, 4.69) is 5.32 Å². The van der Waals surface area contributed by atoms with Crippen molar-refractivity contribution in [2.24, 2.45) is 0 Å². The Labute approximate surface area is 111 Å². The Morgan fingerprint density at radius 3 is 2.47 bits per heavy atom. The molecule has 2 rings (SSSR count). The van der Waals surface area contributed by atoms with Gasteiger partial charge in [-0.3, -0.25) is 14.9 Å². The first kappa shape index (κ1) is 13.5. The molecule has 0 spiro atoms. The van der Waals surface area contributed by atoms with Crippen molar-refractivity contribution in [3.8, 4) is 5.75 Å². The average molecular weight is 285 g/mol. The Morgan fingerprint density at radius 1 is 1.26 bits per heavy atom. The summed E-state index contributed by atoms with van der Waals surface area (Å²) in [5.74, 6) is -0.116. The van der Waals surface area contributed by atoms with Crippen LogP contribution in [-0.2, 0) is 4.79 Å². The maximum Gasteiger partial charge on any atom is 0.290 e. The third kappa shape index (κ3) is 3.78. The first-order valence-corrected chi connectivity index (χ1v) is 6.12. The highest BCUT2D eigenvalue weighted by atomic mass is 32.2. The summed E-state index contributed by atoms with van der Waals surface area (Å²) in [5, 5.41) is 1.73. The van der Waals surface area contributed by atoms with E-state index in [4.69, 9.17) is 4.74 Å². The molecule has 0 atom stereocenters. The highest BCUT2D eigenvalue weighted by Crippen LogP contribution is 2.26. The number of carbonyl (C=O) groups is 2. The molecule has 4 nitrogen and oxygen atoms in total. The summed E-state index contributed by atoms with van der Waals surface area (Å²) in [6.45, 7) is -0.660. The number of hydrogen-bond acceptors (Lipinski definition) is 4. The van der Waals surface area contributed by atoms with Crippen LogP contribution < -0.4 is 10.1 Å². The minimum atomic E-state index is -2.52. The van der Waals surface area contributed by atoms with E-state index >= 15 is 0 Å². The molecule has 0 unspecified atom stereocenters. The first-order valence-electron chi connectivity index (χ1n) is 5.30. The maximum absolute atomic E-state index is 11.9. The molecular formula is C12H9F2NO3S. The lowest BCUT2D eigenvalue weighted by Crippen LogP contribution is -2.17. The van der Waals surface area contributed by atoms with Gasteiger partial charge in [0.2, 0.25) is 0 Å². The summed E-state index contributed by atoms with van der Waals surface area (Å²) in [4.78, 5) is 22.6. The van der Waals surface area contributed by atoms with Crippen LogP contribution in [-0.4, -0.2) is 24.2 Å². The van der Waals surface area contributed by atoms with Crippen molar-refractivity contribution in [3.63, 3.8) is 0 Å². The first-order chi connectivity index (χ1) is 9.04. The fraction of sp³-hybridized carbons (Fsp3) is 0.167. The van der Waals surface area contributed by atoms with Gasteiger partial charge in [0.25, 0.3) is 17.6 Å². The molecule has 19 heavy (non-hydrogen) atoms. The highest BCUT2D eigenvalue weighted by molar-refractivity contribution is 8.18. The summed E-state index contributed by atoms with van der Waals surface area (Å²) in [7, 11) is 0. The summed E-state index contributed by atoms with van der Waals surface area (Å²) in [6.07, 6.45) is -0.978. The lowest BCUT2D eigenvalue weighted by atomic mass is 10.2. The predicted octanol–water partition coefficient (Wildman–Crippen LogP) is 2.65. The number of thioether (sulfide) groups is 1. The second kappa shape index (κ2) is 5.83. The van der Waals surface area contributed by atoms with E-state index in [9.17, 15) is 18.4 Å². The van der Waals surface area contributed by atoms with Gasteiger partial charge in [0.15, 0.2) is 0 Å². The molecule has 0 radical (unpaired) electrons. The SMILES string of the molecule is O=C1NC(=O)C(=Cc2ccc(OCC(F)F)cc2)S1. The topological polar surface area (TPSA) is 55.4 Å². The minimum Gasteiger partial charge on any atom is -0.488 e. The van der Waals surface area contributed by atoms with Gasteiger partial charge >= 0.3 is 0 Å². The smallest absolute Gasteiger partial charge is 0.290 e. The van der Waals surface area contributed by atoms with Crippen molar-refractivity contribution in [1.29, 1.82) is 0 Å². The van der Waals surface area contributed by atoms with Crippen LogP contribution in [0.4, 0.5) is 13.6 Å². The van der Waals surface area contributed by atoms with Gasteiger partial charge in [0.1, 0.15) is 12.4 Å². The van der Waals surface area contributed by atoms with E-state index in [1.54, 1.807) is 18.2 Å². The number of carbonyl (C=O) groups excluding carboxylic acids is 2. The van der Waals surface area contributed by atoms with E-state index in [1.807, 2.05) is 0 Å². The maximum atomic E-state index is 11.9. The van der Waals surface area contributed by atoms with Crippen LogP contribution in [0.25, 0.3) is 6.08 Å². The predicted molar refractivity (Wildman–Crippen MR) is 67.0 cm³/mol. The fourth-order valence-corrected chi connectivity index (χ4v) is 2.07. The second-order valence-electron chi connectivity index (χ2n) is 3.62. The van der Waals surface area contributed by atoms with E-state index in [0.717, 1.165) is 11.8 Å². The number of alkyl halides is 2. The largest absolute Gasteiger partial charge is 0.488 e. The average Bonchev–Trinajstić information content (AvgIpc) is 2.67. The molecule has 0 aliphatic carbocycles. The molecule has 1 aromatic rings. The number of imide groups is 1. The number of benzene rings is 1. The lowest BCUT2D eigenvalue weighted by molar-refractivity contribution is -0.115. The van der Waals surface area contributed by atoms with E-state index in [0.29, 0.717) is 16.2 Å². The molecule has 7 heteroatoms. The van der Waals surface area contributed by atoms with Gasteiger partial charge in [-0.25, -0.2) is 8.78 Å². The number of amides is 2. The van der Waals surface area contributed by atoms with Crippen molar-refractivity contribution in [2.45, 2.75) is 6.43 Å². The van der Waals surface area contributed by atoms with Crippen LogP contribution in [0.1, 0.15) is 5.56 Å². The number of halogens is 2. The minimum absolute atomic E-state index is 0.297. The zero-order chi connectivity index (χ0) is 13.8. The Balaban J connectivity index is 2.04. The Hall–Kier alpha value is -1.89. The monoisotopic (exact) mass is 285 g/mol. The highest BCUT2D eigenvalue weighted by Gasteiger charge is 2.24. The number of ether oxygens (including phenoxy) is 1. The van der Waals surface area contributed by atoms with Crippen molar-refractivity contribution >= 4 is 29.0 Å². The van der Waals surface area contributed by atoms with Crippen LogP contribution in [0.2, 0.25) is 0 Å². The number of rotatable bonds is 4. The zero-order valence-corrected chi connectivity index (χ0v) is 10.4. The van der Waals surface area contributed by atoms with Gasteiger partial charge in [0.05, 0.1) is 4.91 Å². The molecule has 1 N–H and O–H groups in total. The molecule has 1 aliphatic heterocycles. The molecule has 0 bridgehead atoms. The summed E-state index contributed by atoms with van der Waals surface area (Å²) in [5.41, 5.74) is 0.678. The fourth-order valence-electron chi connectivity index (χ4n) is 1.39. The zero-order valence-electron chi connectivity index (χ0n) is 9.56. The van der Waals surface area contributed by atoms with Crippen LogP contribution in [0.5, 0.6) is 5.75 Å². The molecular weight excluding hydrogens is 276 g/mol. The molecule has 0 aromatic heterocycles. The third-order valence-corrected chi connectivity index (χ3v) is 3.01. The summed E-state index contributed by atoms with van der Waals surface area (Å²) >= 11 is 0.818. The van der Waals surface area contributed by atoms with E-state index < -0.39 is 24.2 Å². The molecule has 0 saturated carbocycles. The Morgan fingerprint density at radius 2 is 1.95 bits per heavy atom. The molecule has 1 aromatic carbocycles. The quantitative estimate of drug-likeness (QED) is 0.864. The van der Waals surface area contributed by atoms with Crippen molar-refractivity contribution < 1.29 is 23.1 Å². The van der Waals surface area contributed by atoms with Crippen LogP contribution >= 0.6 is 11.8 Å². The Bertz CT molecular complexity index is 528. The second-order valence-corrected chi connectivity index (χ2v) is 4.64. The van der Waals surface area contributed by atoms with Gasteiger partial charge in [0, 0.05) is 0 Å². The van der Waals surface area contributed by atoms with E-state index in [-0.39, 0.29) is 0 Å². The molecule has 2 amide bonds. The van der Waals surface area contributed by atoms with Crippen molar-refractivity contribution in [3.05, 3.63) is 34.7 Å². The van der Waals surface area contributed by atoms with Crippen LogP contribution in [0.3, 0.4) is 0 Å². The normalized spacial score (nSPS) is 17.1. The third-order valence-electron chi connectivity index (χ3n) is 2.20. The van der Waals surface area contributed by atoms with Crippen molar-refractivity contribution in [2.75, 3.05) is 6.61 Å². The van der Waals surface area contributed by atoms with Gasteiger partial charge in [-0.1, -0.05) is 12.1 Å². The standard InChI is InChI=1S/C12H9F2NO3S/c13-10(14)6-18-8-3-1-7(2-4-8)5-9-11(16)15-12(17)19-9/h1-5,10H,6H2,(H,15,16,17). The molecule has 1 saturated heterocycles. The lowest BCUT2D eigenvalue weighted by Gasteiger charge is -2.05. The number of hydrogen-bond donors (Lipinski definition) is 1. The molecule has 100 valence electrons. The summed E-state index contributed by atoms with van der Waals surface area (Å²) in [6, 6.07) is 6.27. The molecule has 1 aliphatic rings. The van der Waals surface area contributed by atoms with Gasteiger partial charge in [-0.2, -0.15) is 0 Å². The Kier molecular flexibility index (Phi) is 4.16. The molecule has 1 fully saturated rings. The van der Waals surface area contributed by atoms with Gasteiger partial charge in [-0.15, -0.1) is 0 Å². The number of nitrogens with one attached hydrogen (secondary N) is 1. The van der Waals surface area contributed by atoms with Crippen LogP contribution in [0.15, 0.2) is 29.2 Å². The van der Waals surface area contributed by atoms with E-state index in [1.165, 1.54) is 12.1 Å².